The Morgan fingerprint density at radius 2 is 1.48 bits per heavy atom. The molecule has 2 aromatic carbocycles. The minimum Gasteiger partial charge on any atom is -0.475 e. The van der Waals surface area contributed by atoms with E-state index in [-0.39, 0.29) is 0 Å². The molecule has 5 aromatic rings. The average Bonchev–Trinajstić information content (AvgIpc) is 3.75. The Balaban J connectivity index is 0.000000367. The number of carbonyl (C=O) groups is 2. The minimum atomic E-state index is -5.08. The molecule has 14 nitrogen and oxygen atoms in total. The second-order valence-corrected chi connectivity index (χ2v) is 11.7. The van der Waals surface area contributed by atoms with Crippen molar-refractivity contribution >= 4 is 52.0 Å². The molecule has 0 spiro atoms. The van der Waals surface area contributed by atoms with Crippen molar-refractivity contribution in [1.82, 2.24) is 39.4 Å². The molecule has 3 aromatic heterocycles. The lowest BCUT2D eigenvalue weighted by Crippen LogP contribution is -2.49. The van der Waals surface area contributed by atoms with Crippen LogP contribution < -0.4 is 10.2 Å². The number of anilines is 3. The highest BCUT2D eigenvalue weighted by atomic mass is 35.5. The molecule has 1 fully saturated rings. The van der Waals surface area contributed by atoms with Crippen molar-refractivity contribution in [2.45, 2.75) is 32.2 Å². The molecule has 3 N–H and O–H groups in total. The number of aliphatic carboxylic acids is 2. The van der Waals surface area contributed by atoms with Crippen LogP contribution in [0.4, 0.5) is 43.9 Å². The number of carboxylic acid groups (broad SMARTS) is 2. The second-order valence-electron chi connectivity index (χ2n) is 11.3. The van der Waals surface area contributed by atoms with Gasteiger partial charge in [-0.1, -0.05) is 23.7 Å². The van der Waals surface area contributed by atoms with E-state index in [4.69, 9.17) is 41.5 Å². The first-order valence-electron chi connectivity index (χ1n) is 15.2. The van der Waals surface area contributed by atoms with Crippen molar-refractivity contribution in [2.24, 2.45) is 7.05 Å². The van der Waals surface area contributed by atoms with Gasteiger partial charge in [-0.3, -0.25) is 9.58 Å². The van der Waals surface area contributed by atoms with Gasteiger partial charge in [-0.15, -0.1) is 5.10 Å². The summed E-state index contributed by atoms with van der Waals surface area (Å²) in [6.45, 7) is 8.40. The highest BCUT2D eigenvalue weighted by Gasteiger charge is 2.39. The third-order valence-electron chi connectivity index (χ3n) is 7.39. The van der Waals surface area contributed by atoms with Crippen molar-refractivity contribution in [3.8, 4) is 16.8 Å². The molecule has 0 amide bonds. The van der Waals surface area contributed by atoms with Gasteiger partial charge in [0, 0.05) is 73.9 Å². The van der Waals surface area contributed by atoms with E-state index < -0.39 is 24.3 Å². The molecular formula is C31H31ClF6N10O4. The quantitative estimate of drug-likeness (QED) is 0.178. The molecule has 0 atom stereocenters. The molecule has 4 heterocycles. The van der Waals surface area contributed by atoms with Gasteiger partial charge in [-0.05, 0) is 38.1 Å². The lowest BCUT2D eigenvalue weighted by Gasteiger charge is -2.36. The number of aromatic nitrogens is 7. The Bertz CT molecular complexity index is 1970. The Kier molecular flexibility index (Phi) is 12.3. The number of rotatable bonds is 6. The monoisotopic (exact) mass is 756 g/mol. The molecule has 0 saturated carbocycles. The van der Waals surface area contributed by atoms with Gasteiger partial charge in [0.1, 0.15) is 6.33 Å². The third-order valence-corrected chi connectivity index (χ3v) is 7.77. The van der Waals surface area contributed by atoms with Gasteiger partial charge < -0.3 is 20.4 Å². The lowest BCUT2D eigenvalue weighted by molar-refractivity contribution is -0.193. The second kappa shape index (κ2) is 16.2. The third kappa shape index (κ3) is 10.3. The highest BCUT2D eigenvalue weighted by Crippen LogP contribution is 2.33. The summed E-state index contributed by atoms with van der Waals surface area (Å²) in [7, 11) is 1.88. The van der Waals surface area contributed by atoms with Crippen molar-refractivity contribution in [2.75, 3.05) is 36.4 Å². The number of fused-ring (bicyclic) bond motifs is 1. The molecule has 52 heavy (non-hydrogen) atoms. The fourth-order valence-electron chi connectivity index (χ4n) is 4.69. The predicted molar refractivity (Wildman–Crippen MR) is 178 cm³/mol. The van der Waals surface area contributed by atoms with Gasteiger partial charge in [0.25, 0.3) is 0 Å². The van der Waals surface area contributed by atoms with Crippen LogP contribution in [0.5, 0.6) is 0 Å². The summed E-state index contributed by atoms with van der Waals surface area (Å²) >= 11 is 6.75. The maximum absolute atomic E-state index is 10.6. The first kappa shape index (κ1) is 39.3. The van der Waals surface area contributed by atoms with E-state index in [0.29, 0.717) is 22.5 Å². The number of hydrogen-bond donors (Lipinski definition) is 3. The Morgan fingerprint density at radius 1 is 0.885 bits per heavy atom. The first-order valence-corrected chi connectivity index (χ1v) is 15.5. The molecule has 278 valence electrons. The van der Waals surface area contributed by atoms with Crippen molar-refractivity contribution < 1.29 is 46.1 Å². The Hall–Kier alpha value is -5.50. The normalized spacial score (nSPS) is 13.6. The SMILES string of the molecule is CC(C)N1CCN(c2ncn(-c3ccc(Nc4ncc5ccc(-c6cnn(C)c6)c(Cl)c5n4)cc3)n2)CC1.O=C(O)C(F)(F)F.O=C(O)C(F)(F)F. The molecule has 0 radical (unpaired) electrons. The topological polar surface area (TPSA) is 167 Å². The van der Waals surface area contributed by atoms with E-state index >= 15 is 0 Å². The summed E-state index contributed by atoms with van der Waals surface area (Å²) in [6, 6.07) is 12.4. The highest BCUT2D eigenvalue weighted by molar-refractivity contribution is 6.37. The molecule has 6 rings (SSSR count). The molecular weight excluding hydrogens is 726 g/mol. The summed E-state index contributed by atoms with van der Waals surface area (Å²) in [5.74, 6) is -4.28. The lowest BCUT2D eigenvalue weighted by atomic mass is 10.1. The summed E-state index contributed by atoms with van der Waals surface area (Å²) < 4.78 is 67.0. The van der Waals surface area contributed by atoms with Gasteiger partial charge in [-0.25, -0.2) is 24.2 Å². The smallest absolute Gasteiger partial charge is 0.475 e. The molecule has 21 heteroatoms. The van der Waals surface area contributed by atoms with Crippen LogP contribution in [0.2, 0.25) is 5.02 Å². The number of nitrogens with zero attached hydrogens (tertiary/aromatic N) is 9. The van der Waals surface area contributed by atoms with Crippen molar-refractivity contribution in [3.63, 3.8) is 0 Å². The fourth-order valence-corrected chi connectivity index (χ4v) is 5.02. The van der Waals surface area contributed by atoms with Gasteiger partial charge in [-0.2, -0.15) is 36.4 Å². The van der Waals surface area contributed by atoms with Gasteiger partial charge >= 0.3 is 24.3 Å². The summed E-state index contributed by atoms with van der Waals surface area (Å²) in [5, 5.41) is 27.9. The number of halogens is 7. The van der Waals surface area contributed by atoms with E-state index in [0.717, 1.165) is 60.0 Å². The zero-order valence-corrected chi connectivity index (χ0v) is 28.3. The number of benzene rings is 2. The molecule has 1 saturated heterocycles. The zero-order chi connectivity index (χ0) is 38.4. The standard InChI is InChI=1S/C27H29ClN10.2C2HF3O2/c1-18(2)36-10-12-37(13-11-36)27-30-17-38(34-27)22-7-5-21(6-8-22)32-26-29-14-19-4-9-23(24(28)25(19)33-26)20-15-31-35(3)16-20;2*3-2(4,5)1(6)7/h4-9,14-18H,10-13H2,1-3H3,(H,29,32,33);2*(H,6,7). The number of alkyl halides is 6. The van der Waals surface area contributed by atoms with E-state index in [1.165, 1.54) is 0 Å². The van der Waals surface area contributed by atoms with E-state index in [1.807, 2.05) is 49.6 Å². The number of piperazine rings is 1. The van der Waals surface area contributed by atoms with Crippen LogP contribution in [0.15, 0.2) is 61.3 Å². The number of hydrogen-bond acceptors (Lipinski definition) is 10. The van der Waals surface area contributed by atoms with E-state index in [1.54, 1.807) is 28.1 Å². The van der Waals surface area contributed by atoms with Crippen molar-refractivity contribution in [1.29, 1.82) is 0 Å². The van der Waals surface area contributed by atoms with Gasteiger partial charge in [0.05, 0.1) is 22.4 Å². The Morgan fingerprint density at radius 3 is 2.00 bits per heavy atom. The van der Waals surface area contributed by atoms with Crippen molar-refractivity contribution in [3.05, 3.63) is 66.3 Å². The van der Waals surface area contributed by atoms with Crippen LogP contribution in [0, 0.1) is 0 Å². The zero-order valence-electron chi connectivity index (χ0n) is 27.6. The maximum atomic E-state index is 10.6. The van der Waals surface area contributed by atoms with Crippen LogP contribution in [-0.2, 0) is 16.6 Å². The minimum absolute atomic E-state index is 0.471. The van der Waals surface area contributed by atoms with Gasteiger partial charge in [0.2, 0.25) is 11.9 Å². The number of aryl methyl sites for hydroxylation is 1. The van der Waals surface area contributed by atoms with Crippen LogP contribution >= 0.6 is 11.6 Å². The van der Waals surface area contributed by atoms with Crippen LogP contribution in [0.25, 0.3) is 27.7 Å². The molecule has 0 bridgehead atoms. The molecule has 0 aliphatic carbocycles. The maximum Gasteiger partial charge on any atom is 0.490 e. The van der Waals surface area contributed by atoms with Gasteiger partial charge in [0.15, 0.2) is 0 Å². The largest absolute Gasteiger partial charge is 0.490 e. The van der Waals surface area contributed by atoms with Crippen LogP contribution in [0.1, 0.15) is 13.8 Å². The summed E-state index contributed by atoms with van der Waals surface area (Å²) in [6.07, 6.45) is -2.91. The average molecular weight is 757 g/mol. The predicted octanol–water partition coefficient (Wildman–Crippen LogP) is 5.81. The summed E-state index contributed by atoms with van der Waals surface area (Å²) in [4.78, 5) is 36.2. The van der Waals surface area contributed by atoms with E-state index in [9.17, 15) is 26.3 Å². The van der Waals surface area contributed by atoms with Crippen LogP contribution in [-0.4, -0.2) is 106 Å². The molecule has 1 aliphatic rings. The summed E-state index contributed by atoms with van der Waals surface area (Å²) in [5.41, 5.74) is 4.30. The molecule has 1 aliphatic heterocycles. The molecule has 0 unspecified atom stereocenters. The number of nitrogens with one attached hydrogen (secondary N) is 1. The first-order chi connectivity index (χ1) is 24.3. The number of carboxylic acids is 2. The Labute approximate surface area is 296 Å². The van der Waals surface area contributed by atoms with E-state index in [2.05, 4.69) is 44.0 Å². The van der Waals surface area contributed by atoms with Crippen LogP contribution in [0.3, 0.4) is 0 Å². The fraction of sp³-hybridized carbons (Fsp3) is 0.323.